The van der Waals surface area contributed by atoms with Crippen LogP contribution in [0.4, 0.5) is 8.78 Å². The van der Waals surface area contributed by atoms with E-state index in [2.05, 4.69) is 10.5 Å². The quantitative estimate of drug-likeness (QED) is 0.874. The molecule has 1 N–H and O–H groups in total. The molecule has 0 aliphatic carbocycles. The monoisotopic (exact) mass is 318 g/mol. The molecule has 0 radical (unpaired) electrons. The highest BCUT2D eigenvalue weighted by atomic mass is 19.1. The van der Waals surface area contributed by atoms with Crippen molar-refractivity contribution in [2.45, 2.75) is 12.5 Å². The van der Waals surface area contributed by atoms with Crippen LogP contribution in [0.2, 0.25) is 0 Å². The molecule has 0 unspecified atom stereocenters. The van der Waals surface area contributed by atoms with Crippen LogP contribution in [0.1, 0.15) is 17.0 Å². The van der Waals surface area contributed by atoms with E-state index in [1.54, 1.807) is 4.90 Å². The summed E-state index contributed by atoms with van der Waals surface area (Å²) in [6, 6.07) is 4.20. The van der Waals surface area contributed by atoms with E-state index in [9.17, 15) is 13.6 Å². The number of hydrogen-bond donors (Lipinski definition) is 1. The van der Waals surface area contributed by atoms with Gasteiger partial charge in [-0.1, -0.05) is 5.16 Å². The summed E-state index contributed by atoms with van der Waals surface area (Å²) in [5, 5.41) is 15.2. The molecule has 2 heterocycles. The summed E-state index contributed by atoms with van der Waals surface area (Å²) in [5.74, 6) is -2.04. The number of nitrogens with zero attached hydrogens (tertiary/aromatic N) is 3. The highest BCUT2D eigenvalue weighted by Gasteiger charge is 2.25. The number of hydrogen-bond acceptors (Lipinski definition) is 5. The molecule has 1 amide bonds. The van der Waals surface area contributed by atoms with Gasteiger partial charge in [-0.2, -0.15) is 5.26 Å². The average Bonchev–Trinajstić information content (AvgIpc) is 3.16. The molecular weight excluding hydrogens is 306 g/mol. The van der Waals surface area contributed by atoms with E-state index in [1.807, 2.05) is 6.19 Å². The Morgan fingerprint density at radius 3 is 2.96 bits per heavy atom. The predicted octanol–water partition coefficient (Wildman–Crippen LogP) is 1.90. The van der Waals surface area contributed by atoms with Crippen LogP contribution in [-0.4, -0.2) is 35.1 Å². The third kappa shape index (κ3) is 3.13. The maximum atomic E-state index is 13.7. The fourth-order valence-electron chi connectivity index (χ4n) is 2.43. The van der Waals surface area contributed by atoms with E-state index in [0.29, 0.717) is 19.5 Å². The lowest BCUT2D eigenvalue weighted by Crippen LogP contribution is -2.36. The van der Waals surface area contributed by atoms with Crippen molar-refractivity contribution in [3.8, 4) is 17.5 Å². The first-order valence-corrected chi connectivity index (χ1v) is 6.94. The van der Waals surface area contributed by atoms with Crippen molar-refractivity contribution in [3.05, 3.63) is 41.7 Å². The van der Waals surface area contributed by atoms with E-state index in [-0.39, 0.29) is 23.1 Å². The molecule has 6 nitrogen and oxygen atoms in total. The zero-order valence-corrected chi connectivity index (χ0v) is 11.9. The van der Waals surface area contributed by atoms with Gasteiger partial charge in [-0.25, -0.2) is 8.78 Å². The van der Waals surface area contributed by atoms with Crippen LogP contribution < -0.4 is 5.32 Å². The summed E-state index contributed by atoms with van der Waals surface area (Å²) in [6.45, 7) is 1.03. The second-order valence-electron chi connectivity index (χ2n) is 5.21. The van der Waals surface area contributed by atoms with Crippen molar-refractivity contribution in [3.63, 3.8) is 0 Å². The summed E-state index contributed by atoms with van der Waals surface area (Å²) in [5.41, 5.74) is 0.156. The average molecular weight is 318 g/mol. The number of amides is 1. The van der Waals surface area contributed by atoms with Crippen molar-refractivity contribution in [1.82, 2.24) is 15.4 Å². The Balaban J connectivity index is 1.72. The second-order valence-corrected chi connectivity index (χ2v) is 5.21. The van der Waals surface area contributed by atoms with Crippen molar-refractivity contribution >= 4 is 5.91 Å². The lowest BCUT2D eigenvalue weighted by Gasteiger charge is -2.10. The van der Waals surface area contributed by atoms with Gasteiger partial charge >= 0.3 is 0 Å². The number of aromatic nitrogens is 1. The molecule has 118 valence electrons. The van der Waals surface area contributed by atoms with Crippen LogP contribution in [0.5, 0.6) is 0 Å². The Hall–Kier alpha value is -2.95. The molecule has 1 fully saturated rings. The fourth-order valence-corrected chi connectivity index (χ4v) is 2.43. The van der Waals surface area contributed by atoms with E-state index >= 15 is 0 Å². The minimum Gasteiger partial charge on any atom is -0.350 e. The molecule has 1 aliphatic heterocycles. The lowest BCUT2D eigenvalue weighted by atomic mass is 10.1. The van der Waals surface area contributed by atoms with Gasteiger partial charge in [0.25, 0.3) is 5.91 Å². The van der Waals surface area contributed by atoms with Crippen LogP contribution in [-0.2, 0) is 0 Å². The highest BCUT2D eigenvalue weighted by molar-refractivity contribution is 5.92. The van der Waals surface area contributed by atoms with Crippen LogP contribution in [0, 0.1) is 23.1 Å². The van der Waals surface area contributed by atoms with Crippen molar-refractivity contribution in [2.75, 3.05) is 13.1 Å². The molecule has 2 aromatic rings. The number of nitrogens with one attached hydrogen (secondary N) is 1. The molecular formula is C15H12F2N4O2. The Labute approximate surface area is 130 Å². The van der Waals surface area contributed by atoms with E-state index in [1.165, 1.54) is 12.1 Å². The smallest absolute Gasteiger partial charge is 0.290 e. The van der Waals surface area contributed by atoms with Crippen LogP contribution in [0.3, 0.4) is 0 Å². The Kier molecular flexibility index (Phi) is 3.93. The minimum absolute atomic E-state index is 0.0470. The van der Waals surface area contributed by atoms with Crippen LogP contribution in [0.15, 0.2) is 28.8 Å². The van der Waals surface area contributed by atoms with Crippen molar-refractivity contribution < 1.29 is 18.1 Å². The topological polar surface area (TPSA) is 82.2 Å². The standard InChI is InChI=1S/C15H12F2N4O2/c16-9-1-2-11(12(17)5-9)13-6-14(23-20-13)15(22)19-10-3-4-21(7-10)8-18/h1-2,5-6,10H,3-4,7H2,(H,19,22)/t10-/m0/s1. The van der Waals surface area contributed by atoms with Gasteiger partial charge in [0.2, 0.25) is 5.76 Å². The van der Waals surface area contributed by atoms with Crippen molar-refractivity contribution in [2.24, 2.45) is 0 Å². The van der Waals surface area contributed by atoms with Gasteiger partial charge in [0.05, 0.1) is 0 Å². The maximum Gasteiger partial charge on any atom is 0.290 e. The zero-order chi connectivity index (χ0) is 16.4. The number of rotatable bonds is 3. The largest absolute Gasteiger partial charge is 0.350 e. The Bertz CT molecular complexity index is 784. The number of likely N-dealkylation sites (tertiary alicyclic amines) is 1. The molecule has 0 saturated carbocycles. The Morgan fingerprint density at radius 1 is 1.43 bits per heavy atom. The van der Waals surface area contributed by atoms with Gasteiger partial charge in [0.1, 0.15) is 17.3 Å². The van der Waals surface area contributed by atoms with Crippen LogP contribution in [0.25, 0.3) is 11.3 Å². The second kappa shape index (κ2) is 6.04. The molecule has 8 heteroatoms. The molecule has 0 spiro atoms. The van der Waals surface area contributed by atoms with E-state index < -0.39 is 17.5 Å². The molecule has 0 bridgehead atoms. The molecule has 1 saturated heterocycles. The molecule has 1 aromatic heterocycles. The highest BCUT2D eigenvalue weighted by Crippen LogP contribution is 2.23. The first-order chi connectivity index (χ1) is 11.1. The van der Waals surface area contributed by atoms with Gasteiger partial charge < -0.3 is 14.7 Å². The van der Waals surface area contributed by atoms with Gasteiger partial charge in [-0.15, -0.1) is 0 Å². The lowest BCUT2D eigenvalue weighted by molar-refractivity contribution is 0.0901. The number of benzene rings is 1. The number of carbonyl (C=O) groups is 1. The first-order valence-electron chi connectivity index (χ1n) is 6.94. The predicted molar refractivity (Wildman–Crippen MR) is 74.9 cm³/mol. The fraction of sp³-hybridized carbons (Fsp3) is 0.267. The van der Waals surface area contributed by atoms with Gasteiger partial charge in [0, 0.05) is 36.8 Å². The molecule has 23 heavy (non-hydrogen) atoms. The van der Waals surface area contributed by atoms with Crippen LogP contribution >= 0.6 is 0 Å². The maximum absolute atomic E-state index is 13.7. The normalized spacial score (nSPS) is 17.1. The number of nitriles is 1. The molecule has 3 rings (SSSR count). The Morgan fingerprint density at radius 2 is 2.26 bits per heavy atom. The van der Waals surface area contributed by atoms with Crippen molar-refractivity contribution in [1.29, 1.82) is 5.26 Å². The summed E-state index contributed by atoms with van der Waals surface area (Å²) in [7, 11) is 0. The summed E-state index contributed by atoms with van der Waals surface area (Å²) in [6.07, 6.45) is 2.68. The molecule has 1 atom stereocenters. The molecule has 1 aromatic carbocycles. The summed E-state index contributed by atoms with van der Waals surface area (Å²) >= 11 is 0. The molecule has 1 aliphatic rings. The SMILES string of the molecule is N#CN1CC[C@H](NC(=O)c2cc(-c3ccc(F)cc3F)no2)C1. The number of carbonyl (C=O) groups excluding carboxylic acids is 1. The summed E-state index contributed by atoms with van der Waals surface area (Å²) in [4.78, 5) is 13.6. The van der Waals surface area contributed by atoms with Gasteiger partial charge in [-0.05, 0) is 18.6 Å². The van der Waals surface area contributed by atoms with E-state index in [4.69, 9.17) is 9.78 Å². The summed E-state index contributed by atoms with van der Waals surface area (Å²) < 4.78 is 31.5. The third-order valence-electron chi connectivity index (χ3n) is 3.61. The number of halogens is 2. The minimum atomic E-state index is -0.786. The van der Waals surface area contributed by atoms with Gasteiger partial charge in [-0.3, -0.25) is 4.79 Å². The van der Waals surface area contributed by atoms with E-state index in [0.717, 1.165) is 12.1 Å². The zero-order valence-electron chi connectivity index (χ0n) is 11.9. The van der Waals surface area contributed by atoms with Gasteiger partial charge in [0.15, 0.2) is 6.19 Å². The first kappa shape index (κ1) is 15.0. The third-order valence-corrected chi connectivity index (χ3v) is 3.61.